The van der Waals surface area contributed by atoms with Gasteiger partial charge < -0.3 is 4.42 Å². The Kier molecular flexibility index (Phi) is 6.38. The highest BCUT2D eigenvalue weighted by Gasteiger charge is 2.23. The van der Waals surface area contributed by atoms with Crippen molar-refractivity contribution < 1.29 is 22.0 Å². The number of furan rings is 1. The number of para-hydroxylation sites is 1. The first-order valence-electron chi connectivity index (χ1n) is 10.0. The molecule has 0 aliphatic heterocycles. The average molecular weight is 473 g/mol. The second-order valence-electron chi connectivity index (χ2n) is 7.35. The SMILES string of the molecule is Cc1cccc2sc(N(Cc3ccco3)C(=O)CCCS(=O)(=O)c3ccc(F)cc3)nc12. The maximum atomic E-state index is 13.1. The Morgan fingerprint density at radius 1 is 1.12 bits per heavy atom. The number of halogens is 1. The molecule has 4 aromatic rings. The summed E-state index contributed by atoms with van der Waals surface area (Å²) in [6.45, 7) is 2.17. The van der Waals surface area contributed by atoms with Crippen molar-refractivity contribution in [3.63, 3.8) is 0 Å². The molecule has 0 aliphatic rings. The van der Waals surface area contributed by atoms with Gasteiger partial charge in [0.25, 0.3) is 0 Å². The highest BCUT2D eigenvalue weighted by atomic mass is 32.2. The zero-order valence-electron chi connectivity index (χ0n) is 17.3. The molecule has 9 heteroatoms. The van der Waals surface area contributed by atoms with Crippen LogP contribution in [-0.2, 0) is 21.2 Å². The van der Waals surface area contributed by atoms with Crippen LogP contribution in [0.15, 0.2) is 70.2 Å². The molecule has 0 N–H and O–H groups in total. The Morgan fingerprint density at radius 2 is 1.91 bits per heavy atom. The lowest BCUT2D eigenvalue weighted by atomic mass is 10.2. The van der Waals surface area contributed by atoms with Gasteiger partial charge in [-0.2, -0.15) is 0 Å². The minimum absolute atomic E-state index is 0.0238. The van der Waals surface area contributed by atoms with E-state index >= 15 is 0 Å². The van der Waals surface area contributed by atoms with Crippen LogP contribution in [0.1, 0.15) is 24.2 Å². The van der Waals surface area contributed by atoms with Crippen molar-refractivity contribution in [2.75, 3.05) is 10.7 Å². The van der Waals surface area contributed by atoms with Crippen LogP contribution in [-0.4, -0.2) is 25.1 Å². The summed E-state index contributed by atoms with van der Waals surface area (Å²) >= 11 is 1.41. The van der Waals surface area contributed by atoms with Gasteiger partial charge in [-0.15, -0.1) is 0 Å². The van der Waals surface area contributed by atoms with Crippen molar-refractivity contribution >= 4 is 42.4 Å². The fourth-order valence-corrected chi connectivity index (χ4v) is 5.69. The highest BCUT2D eigenvalue weighted by molar-refractivity contribution is 7.91. The minimum atomic E-state index is -3.61. The summed E-state index contributed by atoms with van der Waals surface area (Å²) in [6.07, 6.45) is 1.70. The Labute approximate surface area is 189 Å². The van der Waals surface area contributed by atoms with Crippen LogP contribution >= 0.6 is 11.3 Å². The lowest BCUT2D eigenvalue weighted by Crippen LogP contribution is -2.30. The summed E-state index contributed by atoms with van der Waals surface area (Å²) in [5.74, 6) is -0.350. The number of rotatable bonds is 8. The molecule has 0 unspecified atom stereocenters. The van der Waals surface area contributed by atoms with Gasteiger partial charge in [0.1, 0.15) is 11.6 Å². The molecule has 0 aliphatic carbocycles. The van der Waals surface area contributed by atoms with E-state index in [2.05, 4.69) is 4.98 Å². The molecule has 0 spiro atoms. The number of hydrogen-bond donors (Lipinski definition) is 0. The second-order valence-corrected chi connectivity index (χ2v) is 10.5. The van der Waals surface area contributed by atoms with E-state index in [0.29, 0.717) is 10.9 Å². The van der Waals surface area contributed by atoms with E-state index in [9.17, 15) is 17.6 Å². The molecule has 0 bridgehead atoms. The maximum absolute atomic E-state index is 13.1. The number of carbonyl (C=O) groups excluding carboxylic acids is 1. The Hall–Kier alpha value is -3.04. The van der Waals surface area contributed by atoms with E-state index in [-0.39, 0.29) is 35.9 Å². The number of amides is 1. The minimum Gasteiger partial charge on any atom is -0.467 e. The summed E-state index contributed by atoms with van der Waals surface area (Å²) in [7, 11) is -3.61. The number of hydrogen-bond acceptors (Lipinski definition) is 6. The molecular formula is C23H21FN2O4S2. The third kappa shape index (κ3) is 4.89. The van der Waals surface area contributed by atoms with Crippen LogP contribution in [0.4, 0.5) is 9.52 Å². The Morgan fingerprint density at radius 3 is 2.59 bits per heavy atom. The van der Waals surface area contributed by atoms with Crippen molar-refractivity contribution in [1.29, 1.82) is 0 Å². The lowest BCUT2D eigenvalue weighted by molar-refractivity contribution is -0.118. The maximum Gasteiger partial charge on any atom is 0.229 e. The quantitative estimate of drug-likeness (QED) is 0.332. The highest BCUT2D eigenvalue weighted by Crippen LogP contribution is 2.32. The zero-order valence-corrected chi connectivity index (χ0v) is 19.0. The van der Waals surface area contributed by atoms with E-state index < -0.39 is 15.7 Å². The van der Waals surface area contributed by atoms with Gasteiger partial charge in [0, 0.05) is 6.42 Å². The van der Waals surface area contributed by atoms with Crippen LogP contribution in [0, 0.1) is 12.7 Å². The summed E-state index contributed by atoms with van der Waals surface area (Å²) in [6, 6.07) is 14.1. The Bertz CT molecular complexity index is 1330. The topological polar surface area (TPSA) is 80.5 Å². The molecular weight excluding hydrogens is 451 g/mol. The fraction of sp³-hybridized carbons (Fsp3) is 0.217. The normalized spacial score (nSPS) is 11.7. The van der Waals surface area contributed by atoms with Gasteiger partial charge in [-0.05, 0) is 61.4 Å². The number of nitrogens with zero attached hydrogens (tertiary/aromatic N) is 2. The first-order chi connectivity index (χ1) is 15.3. The number of aryl methyl sites for hydroxylation is 1. The summed E-state index contributed by atoms with van der Waals surface area (Å²) in [5, 5.41) is 0.539. The van der Waals surface area contributed by atoms with Gasteiger partial charge in [0.2, 0.25) is 5.91 Å². The lowest BCUT2D eigenvalue weighted by Gasteiger charge is -2.18. The van der Waals surface area contributed by atoms with Gasteiger partial charge in [0.15, 0.2) is 15.0 Å². The van der Waals surface area contributed by atoms with E-state index in [1.165, 1.54) is 34.6 Å². The first-order valence-corrected chi connectivity index (χ1v) is 12.5. The summed E-state index contributed by atoms with van der Waals surface area (Å²) in [4.78, 5) is 19.3. The van der Waals surface area contributed by atoms with Crippen molar-refractivity contribution in [1.82, 2.24) is 4.98 Å². The number of fused-ring (bicyclic) bond motifs is 1. The molecule has 2 aromatic heterocycles. The van der Waals surface area contributed by atoms with Crippen molar-refractivity contribution in [2.45, 2.75) is 31.2 Å². The molecule has 0 radical (unpaired) electrons. The van der Waals surface area contributed by atoms with E-state index in [4.69, 9.17) is 4.42 Å². The number of thiazole rings is 1. The van der Waals surface area contributed by atoms with E-state index in [1.807, 2.05) is 25.1 Å². The predicted octanol–water partition coefficient (Wildman–Crippen LogP) is 5.12. The molecule has 2 heterocycles. The second kappa shape index (κ2) is 9.22. The average Bonchev–Trinajstić information content (AvgIpc) is 3.42. The standard InChI is InChI=1S/C23H21FN2O4S2/c1-16-5-2-7-20-22(16)25-23(31-20)26(15-18-6-3-13-30-18)21(27)8-4-14-32(28,29)19-11-9-17(24)10-12-19/h2-3,5-7,9-13H,4,8,14-15H2,1H3. The third-order valence-electron chi connectivity index (χ3n) is 5.01. The van der Waals surface area contributed by atoms with Crippen molar-refractivity contribution in [2.24, 2.45) is 0 Å². The largest absolute Gasteiger partial charge is 0.467 e. The summed E-state index contributed by atoms with van der Waals surface area (Å²) < 4.78 is 44.5. The number of sulfone groups is 1. The van der Waals surface area contributed by atoms with Gasteiger partial charge in [-0.25, -0.2) is 17.8 Å². The van der Waals surface area contributed by atoms with Crippen LogP contribution in [0.3, 0.4) is 0 Å². The number of anilines is 1. The van der Waals surface area contributed by atoms with Crippen LogP contribution < -0.4 is 4.90 Å². The van der Waals surface area contributed by atoms with E-state index in [0.717, 1.165) is 27.9 Å². The molecule has 32 heavy (non-hydrogen) atoms. The predicted molar refractivity (Wildman–Crippen MR) is 122 cm³/mol. The monoisotopic (exact) mass is 472 g/mol. The fourth-order valence-electron chi connectivity index (χ4n) is 3.32. The first kappa shape index (κ1) is 22.2. The van der Waals surface area contributed by atoms with Crippen LogP contribution in [0.5, 0.6) is 0 Å². The van der Waals surface area contributed by atoms with E-state index in [1.54, 1.807) is 12.1 Å². The smallest absolute Gasteiger partial charge is 0.229 e. The zero-order chi connectivity index (χ0) is 22.7. The van der Waals surface area contributed by atoms with Crippen molar-refractivity contribution in [3.05, 3.63) is 78.0 Å². The molecule has 0 saturated heterocycles. The molecule has 0 saturated carbocycles. The van der Waals surface area contributed by atoms with Gasteiger partial charge in [-0.1, -0.05) is 23.5 Å². The molecule has 2 aromatic carbocycles. The number of carbonyl (C=O) groups is 1. The number of benzene rings is 2. The van der Waals surface area contributed by atoms with Crippen LogP contribution in [0.2, 0.25) is 0 Å². The molecule has 166 valence electrons. The molecule has 0 atom stereocenters. The molecule has 4 rings (SSSR count). The Balaban J connectivity index is 1.51. The molecule has 0 fully saturated rings. The number of aromatic nitrogens is 1. The van der Waals surface area contributed by atoms with Crippen LogP contribution in [0.25, 0.3) is 10.2 Å². The third-order valence-corrected chi connectivity index (χ3v) is 7.87. The molecule has 1 amide bonds. The van der Waals surface area contributed by atoms with Gasteiger partial charge >= 0.3 is 0 Å². The van der Waals surface area contributed by atoms with Gasteiger partial charge in [0.05, 0.1) is 33.7 Å². The molecule has 6 nitrogen and oxygen atoms in total. The van der Waals surface area contributed by atoms with Gasteiger partial charge in [-0.3, -0.25) is 9.69 Å². The van der Waals surface area contributed by atoms with Crippen molar-refractivity contribution in [3.8, 4) is 0 Å². The summed E-state index contributed by atoms with van der Waals surface area (Å²) in [5.41, 5.74) is 1.85.